The molecule has 0 unspecified atom stereocenters. The Bertz CT molecular complexity index is 942. The number of nitrogens with two attached hydrogens (primary N) is 1. The number of fused-ring (bicyclic) bond motifs is 1. The van der Waals surface area contributed by atoms with Crippen molar-refractivity contribution in [3.05, 3.63) is 44.2 Å². The summed E-state index contributed by atoms with van der Waals surface area (Å²) in [6, 6.07) is 2.39. The van der Waals surface area contributed by atoms with Gasteiger partial charge in [0.2, 0.25) is 5.28 Å². The van der Waals surface area contributed by atoms with Crippen LogP contribution in [0.1, 0.15) is 16.9 Å². The van der Waals surface area contributed by atoms with Gasteiger partial charge in [0.1, 0.15) is 10.7 Å². The predicted molar refractivity (Wildman–Crippen MR) is 97.0 cm³/mol. The molecule has 0 aliphatic heterocycles. The Hall–Kier alpha value is -1.62. The normalized spacial score (nSPS) is 13.3. The Kier molecular flexibility index (Phi) is 5.80. The van der Waals surface area contributed by atoms with Crippen LogP contribution in [0.3, 0.4) is 0 Å². The molecule has 27 heavy (non-hydrogen) atoms. The standard InChI is InChI=1S/C15H13Cl2F4N5S/c16-12-9(4-7(22)5-15(19,20)21)10(18)11-13(24-14(17)25-26(11)12)23-6-8-2-1-3-27-8/h1-3,7H,4-6,22H2,(H,23,24,25)/t7-/m1/s1. The Morgan fingerprint density at radius 2 is 2.07 bits per heavy atom. The van der Waals surface area contributed by atoms with E-state index in [1.165, 1.54) is 11.3 Å². The smallest absolute Gasteiger partial charge is 0.363 e. The third kappa shape index (κ3) is 4.63. The van der Waals surface area contributed by atoms with Gasteiger partial charge in [-0.05, 0) is 29.5 Å². The van der Waals surface area contributed by atoms with Crippen molar-refractivity contribution in [2.75, 3.05) is 5.32 Å². The fraction of sp³-hybridized carbons (Fsp3) is 0.333. The zero-order valence-electron chi connectivity index (χ0n) is 13.5. The van der Waals surface area contributed by atoms with Crippen molar-refractivity contribution >= 4 is 45.9 Å². The monoisotopic (exact) mass is 441 g/mol. The first-order chi connectivity index (χ1) is 12.7. The number of anilines is 1. The fourth-order valence-corrected chi connectivity index (χ4v) is 3.70. The Morgan fingerprint density at radius 3 is 2.70 bits per heavy atom. The second kappa shape index (κ2) is 7.78. The van der Waals surface area contributed by atoms with Crippen molar-refractivity contribution in [3.63, 3.8) is 0 Å². The third-order valence-electron chi connectivity index (χ3n) is 3.70. The summed E-state index contributed by atoms with van der Waals surface area (Å²) in [4.78, 5) is 4.94. The topological polar surface area (TPSA) is 68.2 Å². The van der Waals surface area contributed by atoms with Crippen LogP contribution in [-0.4, -0.2) is 26.8 Å². The second-order valence-corrected chi connectivity index (χ2v) is 7.52. The van der Waals surface area contributed by atoms with Gasteiger partial charge in [-0.25, -0.2) is 8.91 Å². The molecule has 3 heterocycles. The quantitative estimate of drug-likeness (QED) is 0.545. The first kappa shape index (κ1) is 20.1. The van der Waals surface area contributed by atoms with Crippen molar-refractivity contribution in [1.29, 1.82) is 0 Å². The minimum Gasteiger partial charge on any atom is -0.363 e. The highest BCUT2D eigenvalue weighted by molar-refractivity contribution is 7.09. The van der Waals surface area contributed by atoms with Crippen molar-refractivity contribution in [3.8, 4) is 0 Å². The average molecular weight is 442 g/mol. The van der Waals surface area contributed by atoms with Crippen LogP contribution in [0.15, 0.2) is 17.5 Å². The van der Waals surface area contributed by atoms with Gasteiger partial charge in [-0.2, -0.15) is 18.2 Å². The van der Waals surface area contributed by atoms with Crippen molar-refractivity contribution < 1.29 is 17.6 Å². The zero-order chi connectivity index (χ0) is 19.8. The van der Waals surface area contributed by atoms with E-state index in [0.717, 1.165) is 9.39 Å². The van der Waals surface area contributed by atoms with Gasteiger partial charge in [0, 0.05) is 16.5 Å². The molecule has 0 amide bonds. The minimum atomic E-state index is -4.46. The molecule has 3 aromatic heterocycles. The van der Waals surface area contributed by atoms with E-state index >= 15 is 0 Å². The van der Waals surface area contributed by atoms with E-state index in [1.54, 1.807) is 0 Å². The maximum Gasteiger partial charge on any atom is 0.390 e. The number of rotatable bonds is 6. The molecular formula is C15H13Cl2F4N5S. The van der Waals surface area contributed by atoms with Crippen molar-refractivity contribution in [1.82, 2.24) is 14.6 Å². The first-order valence-corrected chi connectivity index (χ1v) is 9.30. The van der Waals surface area contributed by atoms with E-state index in [4.69, 9.17) is 28.9 Å². The van der Waals surface area contributed by atoms with Crippen LogP contribution in [0.2, 0.25) is 10.4 Å². The number of alkyl halides is 3. The predicted octanol–water partition coefficient (Wildman–Crippen LogP) is 4.67. The lowest BCUT2D eigenvalue weighted by Gasteiger charge is -2.13. The molecule has 3 aromatic rings. The molecule has 146 valence electrons. The molecule has 0 saturated carbocycles. The summed E-state index contributed by atoms with van der Waals surface area (Å²) < 4.78 is 53.5. The molecule has 1 atom stereocenters. The summed E-state index contributed by atoms with van der Waals surface area (Å²) in [6.07, 6.45) is -6.13. The Morgan fingerprint density at radius 1 is 1.33 bits per heavy atom. The first-order valence-electron chi connectivity index (χ1n) is 7.66. The molecule has 5 nitrogen and oxygen atoms in total. The van der Waals surface area contributed by atoms with Gasteiger partial charge in [0.15, 0.2) is 11.6 Å². The highest BCUT2D eigenvalue weighted by Crippen LogP contribution is 2.32. The van der Waals surface area contributed by atoms with E-state index in [1.807, 2.05) is 17.5 Å². The van der Waals surface area contributed by atoms with Crippen LogP contribution >= 0.6 is 34.5 Å². The lowest BCUT2D eigenvalue weighted by Crippen LogP contribution is -2.29. The maximum atomic E-state index is 14.9. The second-order valence-electron chi connectivity index (χ2n) is 5.79. The summed E-state index contributed by atoms with van der Waals surface area (Å²) in [6.45, 7) is 0.353. The van der Waals surface area contributed by atoms with Crippen LogP contribution < -0.4 is 11.1 Å². The molecule has 0 bridgehead atoms. The van der Waals surface area contributed by atoms with Gasteiger partial charge in [0.05, 0.1) is 13.0 Å². The van der Waals surface area contributed by atoms with Crippen LogP contribution in [-0.2, 0) is 13.0 Å². The van der Waals surface area contributed by atoms with Gasteiger partial charge in [-0.15, -0.1) is 16.4 Å². The maximum absolute atomic E-state index is 14.9. The number of halogens is 6. The molecule has 0 aliphatic carbocycles. The van der Waals surface area contributed by atoms with Crippen LogP contribution in [0.5, 0.6) is 0 Å². The van der Waals surface area contributed by atoms with Gasteiger partial charge >= 0.3 is 6.18 Å². The number of aromatic nitrogens is 3. The molecule has 0 aliphatic rings. The van der Waals surface area contributed by atoms with Crippen LogP contribution in [0, 0.1) is 5.82 Å². The number of hydrogen-bond acceptors (Lipinski definition) is 5. The Labute approximate surface area is 165 Å². The van der Waals surface area contributed by atoms with E-state index < -0.39 is 30.9 Å². The molecule has 0 radical (unpaired) electrons. The van der Waals surface area contributed by atoms with Crippen molar-refractivity contribution in [2.24, 2.45) is 5.73 Å². The fourth-order valence-electron chi connectivity index (χ4n) is 2.61. The molecule has 12 heteroatoms. The third-order valence-corrected chi connectivity index (χ3v) is 5.13. The number of nitrogens with one attached hydrogen (secondary N) is 1. The molecule has 3 rings (SSSR count). The number of nitrogens with zero attached hydrogens (tertiary/aromatic N) is 3. The molecule has 0 saturated heterocycles. The minimum absolute atomic E-state index is 0.0819. The largest absolute Gasteiger partial charge is 0.390 e. The van der Waals surface area contributed by atoms with Gasteiger partial charge in [-0.3, -0.25) is 0 Å². The molecule has 3 N–H and O–H groups in total. The molecular weight excluding hydrogens is 429 g/mol. The number of hydrogen-bond donors (Lipinski definition) is 2. The summed E-state index contributed by atoms with van der Waals surface area (Å²) in [5.74, 6) is -0.749. The zero-order valence-corrected chi connectivity index (χ0v) is 15.9. The summed E-state index contributed by atoms with van der Waals surface area (Å²) >= 11 is 13.5. The highest BCUT2D eigenvalue weighted by atomic mass is 35.5. The molecule has 0 fully saturated rings. The molecule has 0 aromatic carbocycles. The van der Waals surface area contributed by atoms with Gasteiger partial charge < -0.3 is 11.1 Å². The van der Waals surface area contributed by atoms with E-state index in [0.29, 0.717) is 6.54 Å². The SMILES string of the molecule is N[C@H](Cc1c(F)c2c(NCc3cccs3)nc(Cl)nn2c1Cl)CC(F)(F)F. The highest BCUT2D eigenvalue weighted by Gasteiger charge is 2.32. The lowest BCUT2D eigenvalue weighted by atomic mass is 10.1. The number of thiophene rings is 1. The van der Waals surface area contributed by atoms with Crippen LogP contribution in [0.25, 0.3) is 5.52 Å². The van der Waals surface area contributed by atoms with Gasteiger partial charge in [-0.1, -0.05) is 17.7 Å². The van der Waals surface area contributed by atoms with E-state index in [-0.39, 0.29) is 27.3 Å². The van der Waals surface area contributed by atoms with Crippen LogP contribution in [0.4, 0.5) is 23.4 Å². The van der Waals surface area contributed by atoms with E-state index in [2.05, 4.69) is 15.4 Å². The lowest BCUT2D eigenvalue weighted by molar-refractivity contribution is -0.138. The van der Waals surface area contributed by atoms with Gasteiger partial charge in [0.25, 0.3) is 0 Å². The summed E-state index contributed by atoms with van der Waals surface area (Å²) in [5, 5.41) is 8.29. The molecule has 0 spiro atoms. The van der Waals surface area contributed by atoms with Crippen molar-refractivity contribution in [2.45, 2.75) is 31.6 Å². The summed E-state index contributed by atoms with van der Waals surface area (Å²) in [7, 11) is 0. The summed E-state index contributed by atoms with van der Waals surface area (Å²) in [5.41, 5.74) is 5.25. The van der Waals surface area contributed by atoms with E-state index in [9.17, 15) is 17.6 Å². The average Bonchev–Trinajstić information content (AvgIpc) is 3.14. The Balaban J connectivity index is 1.96.